The Morgan fingerprint density at radius 1 is 1.42 bits per heavy atom. The van der Waals surface area contributed by atoms with Gasteiger partial charge in [-0.3, -0.25) is 0 Å². The van der Waals surface area contributed by atoms with E-state index in [4.69, 9.17) is 0 Å². The average molecular weight is 267 g/mol. The van der Waals surface area contributed by atoms with Crippen LogP contribution in [0.5, 0.6) is 0 Å². The third kappa shape index (κ3) is 2.97. The van der Waals surface area contributed by atoms with Crippen LogP contribution >= 0.6 is 0 Å². The zero-order valence-corrected chi connectivity index (χ0v) is 10.9. The summed E-state index contributed by atoms with van der Waals surface area (Å²) in [5.41, 5.74) is 2.37. The first-order valence-electron chi connectivity index (χ1n) is 4.14. The fourth-order valence-electron chi connectivity index (χ4n) is 1.06. The molecule has 0 aliphatic rings. The van der Waals surface area contributed by atoms with Crippen molar-refractivity contribution in [2.24, 2.45) is 0 Å². The molecule has 0 saturated heterocycles. The molecule has 63 valence electrons. The summed E-state index contributed by atoms with van der Waals surface area (Å²) >= 11 is -1.25. The molecule has 0 aromatic carbocycles. The Hall–Kier alpha value is -0.311. The monoisotopic (exact) mass is 268 g/mol. The number of rotatable bonds is 2. The predicted octanol–water partition coefficient (Wildman–Crippen LogP) is 2.32. The number of aromatic nitrogens is 1. The molecule has 1 rings (SSSR count). The standard InChI is InChI=1S/C8H7N.2CH3.Sn.H/c1-7(2)8-3-5-9-6-4-8;;;;/h1,3-6H,2H2;2*1H3;;. The van der Waals surface area contributed by atoms with Gasteiger partial charge >= 0.3 is 81.3 Å². The normalized spacial score (nSPS) is 12.2. The van der Waals surface area contributed by atoms with E-state index in [1.165, 1.54) is 11.1 Å². The number of hydrogen-bond acceptors (Lipinski definition) is 1. The molecule has 12 heavy (non-hydrogen) atoms. The summed E-state index contributed by atoms with van der Waals surface area (Å²) in [6.07, 6.45) is 3.62. The van der Waals surface area contributed by atoms with E-state index in [1.54, 1.807) is 0 Å². The number of hydrogen-bond donors (Lipinski definition) is 0. The van der Waals surface area contributed by atoms with Crippen LogP contribution in [0, 0.1) is 6.92 Å². The number of nitrogens with zero attached hydrogens (tertiary/aromatic N) is 1. The van der Waals surface area contributed by atoms with Crippen LogP contribution in [0.4, 0.5) is 0 Å². The molecule has 0 amide bonds. The molecule has 1 radical (unpaired) electrons. The van der Waals surface area contributed by atoms with Crippen LogP contribution < -0.4 is 0 Å². The van der Waals surface area contributed by atoms with Gasteiger partial charge in [0.05, 0.1) is 0 Å². The summed E-state index contributed by atoms with van der Waals surface area (Å²) in [5, 5.41) is 0. The van der Waals surface area contributed by atoms with Crippen LogP contribution in [0.3, 0.4) is 0 Å². The van der Waals surface area contributed by atoms with Crippen molar-refractivity contribution in [1.82, 2.24) is 4.98 Å². The van der Waals surface area contributed by atoms with Crippen molar-refractivity contribution in [1.29, 1.82) is 0 Å². The van der Waals surface area contributed by atoms with Crippen LogP contribution in [0.25, 0.3) is 5.57 Å². The van der Waals surface area contributed by atoms with E-state index in [1.807, 2.05) is 24.5 Å². The Morgan fingerprint density at radius 2 is 2.00 bits per heavy atom. The molecule has 0 saturated carbocycles. The van der Waals surface area contributed by atoms with Gasteiger partial charge in [-0.25, -0.2) is 0 Å². The minimum absolute atomic E-state index is 1.17. The van der Waals surface area contributed by atoms with Gasteiger partial charge < -0.3 is 0 Å². The molecule has 1 heterocycles. The second-order valence-corrected chi connectivity index (χ2v) is 11.2. The molecule has 1 aromatic heterocycles. The summed E-state index contributed by atoms with van der Waals surface area (Å²) < 4.78 is 2.36. The first-order valence-corrected chi connectivity index (χ1v) is 12.6. The molecule has 0 spiro atoms. The zero-order valence-electron chi connectivity index (χ0n) is 7.62. The van der Waals surface area contributed by atoms with Crippen molar-refractivity contribution in [3.8, 4) is 0 Å². The Kier molecular flexibility index (Phi) is 3.79. The molecular formula is C10H14NSn. The van der Waals surface area contributed by atoms with E-state index < -0.39 is 19.8 Å². The van der Waals surface area contributed by atoms with Gasteiger partial charge in [0.25, 0.3) is 0 Å². The Labute approximate surface area is 81.3 Å². The maximum absolute atomic E-state index is 4.03. The summed E-state index contributed by atoms with van der Waals surface area (Å²) in [6.45, 7) is 4.03. The topological polar surface area (TPSA) is 12.9 Å². The molecule has 2 heteroatoms. The number of allylic oxidation sites excluding steroid dienone is 1. The van der Waals surface area contributed by atoms with Crippen molar-refractivity contribution in [3.63, 3.8) is 0 Å². The molecule has 0 aliphatic carbocycles. The van der Waals surface area contributed by atoms with Crippen molar-refractivity contribution in [2.45, 2.75) is 9.88 Å². The SMILES string of the molecule is [CH2]C(=[CH][SnH]([CH3])[CH3])c1ccncc1. The van der Waals surface area contributed by atoms with Gasteiger partial charge in [0.1, 0.15) is 0 Å². The van der Waals surface area contributed by atoms with Crippen LogP contribution in [-0.4, -0.2) is 24.7 Å². The van der Waals surface area contributed by atoms with Gasteiger partial charge in [-0.05, 0) is 0 Å². The number of pyridine rings is 1. The van der Waals surface area contributed by atoms with Crippen molar-refractivity contribution in [2.75, 3.05) is 0 Å². The zero-order chi connectivity index (χ0) is 8.97. The molecule has 1 nitrogen and oxygen atoms in total. The molecule has 0 fully saturated rings. The maximum atomic E-state index is 4.03. The van der Waals surface area contributed by atoms with Gasteiger partial charge in [-0.15, -0.1) is 0 Å². The predicted molar refractivity (Wildman–Crippen MR) is 56.4 cm³/mol. The fraction of sp³-hybridized carbons (Fsp3) is 0.200. The van der Waals surface area contributed by atoms with E-state index >= 15 is 0 Å². The van der Waals surface area contributed by atoms with Crippen molar-refractivity contribution >= 4 is 25.3 Å². The van der Waals surface area contributed by atoms with Crippen LogP contribution in [0.1, 0.15) is 5.56 Å². The molecule has 1 aromatic rings. The van der Waals surface area contributed by atoms with E-state index in [0.29, 0.717) is 0 Å². The van der Waals surface area contributed by atoms with E-state index in [2.05, 4.69) is 25.9 Å². The van der Waals surface area contributed by atoms with E-state index in [0.717, 1.165) is 0 Å². The van der Waals surface area contributed by atoms with Crippen LogP contribution in [-0.2, 0) is 0 Å². The van der Waals surface area contributed by atoms with Crippen molar-refractivity contribution in [3.05, 3.63) is 41.1 Å². The Morgan fingerprint density at radius 3 is 2.50 bits per heavy atom. The Balaban J connectivity index is 2.85. The second-order valence-electron chi connectivity index (χ2n) is 3.17. The first kappa shape index (κ1) is 9.77. The van der Waals surface area contributed by atoms with E-state index in [-0.39, 0.29) is 0 Å². The van der Waals surface area contributed by atoms with Gasteiger partial charge in [0.2, 0.25) is 0 Å². The minimum atomic E-state index is -1.25. The summed E-state index contributed by atoms with van der Waals surface area (Å²) in [7, 11) is 0. The summed E-state index contributed by atoms with van der Waals surface area (Å²) in [6, 6.07) is 4.01. The molecular weight excluding hydrogens is 253 g/mol. The first-order chi connectivity index (χ1) is 5.70. The molecule has 0 aliphatic heterocycles. The average Bonchev–Trinajstić information content (AvgIpc) is 2.05. The van der Waals surface area contributed by atoms with Gasteiger partial charge in [0, 0.05) is 0 Å². The van der Waals surface area contributed by atoms with Gasteiger partial charge in [-0.1, -0.05) is 0 Å². The Bertz CT molecular complexity index is 264. The molecule has 0 atom stereocenters. The van der Waals surface area contributed by atoms with Crippen LogP contribution in [0.2, 0.25) is 9.88 Å². The summed E-state index contributed by atoms with van der Waals surface area (Å²) in [5.74, 6) is 0. The van der Waals surface area contributed by atoms with Gasteiger partial charge in [0.15, 0.2) is 0 Å². The molecule has 0 unspecified atom stereocenters. The summed E-state index contributed by atoms with van der Waals surface area (Å²) in [4.78, 5) is 8.68. The molecule has 0 bridgehead atoms. The molecule has 0 N–H and O–H groups in total. The van der Waals surface area contributed by atoms with E-state index in [9.17, 15) is 0 Å². The van der Waals surface area contributed by atoms with Crippen LogP contribution in [0.15, 0.2) is 28.6 Å². The third-order valence-electron chi connectivity index (χ3n) is 1.59. The fourth-order valence-corrected chi connectivity index (χ4v) is 3.91. The second kappa shape index (κ2) is 4.65. The quantitative estimate of drug-likeness (QED) is 0.749. The van der Waals surface area contributed by atoms with Crippen molar-refractivity contribution < 1.29 is 0 Å². The van der Waals surface area contributed by atoms with Gasteiger partial charge in [-0.2, -0.15) is 0 Å². The third-order valence-corrected chi connectivity index (χ3v) is 4.64.